The van der Waals surface area contributed by atoms with Gasteiger partial charge in [0.2, 0.25) is 0 Å². The van der Waals surface area contributed by atoms with Crippen molar-refractivity contribution in [1.29, 1.82) is 0 Å². The number of nitrogens with zero attached hydrogens (tertiary/aromatic N) is 2. The molecule has 0 aliphatic heterocycles. The topological polar surface area (TPSA) is 17.8 Å². The van der Waals surface area contributed by atoms with Crippen molar-refractivity contribution in [2.24, 2.45) is 5.41 Å². The van der Waals surface area contributed by atoms with E-state index in [2.05, 4.69) is 48.7 Å². The molecule has 1 aromatic carbocycles. The van der Waals surface area contributed by atoms with Gasteiger partial charge in [-0.25, -0.2) is 4.98 Å². The third kappa shape index (κ3) is 3.87. The summed E-state index contributed by atoms with van der Waals surface area (Å²) in [6.45, 7) is 8.62. The Bertz CT molecular complexity index is 590. The molecule has 0 saturated carbocycles. The summed E-state index contributed by atoms with van der Waals surface area (Å²) in [5.74, 6) is 0.982. The van der Waals surface area contributed by atoms with Crippen LogP contribution in [0.1, 0.15) is 32.2 Å². The van der Waals surface area contributed by atoms with Crippen LogP contribution >= 0.6 is 24.0 Å². The SMILES string of the molecule is Cc1nccn1/C=C(/c1ccc(Cl)cc1)C(C)(C)C.Cl. The zero-order valence-corrected chi connectivity index (χ0v) is 13.8. The normalized spacial score (nSPS) is 12.2. The Kier molecular flexibility index (Phi) is 5.43. The Balaban J connectivity index is 0.00000200. The number of rotatable bonds is 2. The summed E-state index contributed by atoms with van der Waals surface area (Å²) >= 11 is 5.96. The first-order chi connectivity index (χ1) is 8.88. The maximum Gasteiger partial charge on any atom is 0.109 e. The summed E-state index contributed by atoms with van der Waals surface area (Å²) in [7, 11) is 0. The van der Waals surface area contributed by atoms with E-state index in [9.17, 15) is 0 Å². The molecule has 0 spiro atoms. The molecule has 0 bridgehead atoms. The molecule has 0 atom stereocenters. The summed E-state index contributed by atoms with van der Waals surface area (Å²) in [6.07, 6.45) is 5.93. The van der Waals surface area contributed by atoms with Gasteiger partial charge >= 0.3 is 0 Å². The van der Waals surface area contributed by atoms with Crippen molar-refractivity contribution < 1.29 is 0 Å². The van der Waals surface area contributed by atoms with E-state index in [1.807, 2.05) is 31.5 Å². The quantitative estimate of drug-likeness (QED) is 0.735. The Morgan fingerprint density at radius 1 is 1.20 bits per heavy atom. The van der Waals surface area contributed by atoms with Crippen molar-refractivity contribution in [3.63, 3.8) is 0 Å². The highest BCUT2D eigenvalue weighted by Gasteiger charge is 2.19. The minimum absolute atomic E-state index is 0. The number of hydrogen-bond donors (Lipinski definition) is 0. The van der Waals surface area contributed by atoms with Crippen LogP contribution in [0.2, 0.25) is 5.02 Å². The second kappa shape index (κ2) is 6.47. The van der Waals surface area contributed by atoms with Crippen molar-refractivity contribution >= 4 is 35.8 Å². The minimum Gasteiger partial charge on any atom is -0.310 e. The van der Waals surface area contributed by atoms with E-state index >= 15 is 0 Å². The fourth-order valence-electron chi connectivity index (χ4n) is 1.99. The highest BCUT2D eigenvalue weighted by atomic mass is 35.5. The van der Waals surface area contributed by atoms with E-state index in [1.54, 1.807) is 0 Å². The highest BCUT2D eigenvalue weighted by Crippen LogP contribution is 2.35. The number of imidazole rings is 1. The van der Waals surface area contributed by atoms with Gasteiger partial charge in [0.15, 0.2) is 0 Å². The smallest absolute Gasteiger partial charge is 0.109 e. The van der Waals surface area contributed by atoms with E-state index < -0.39 is 0 Å². The van der Waals surface area contributed by atoms with Crippen LogP contribution in [-0.4, -0.2) is 9.55 Å². The van der Waals surface area contributed by atoms with Gasteiger partial charge in [0.1, 0.15) is 5.82 Å². The van der Waals surface area contributed by atoms with Crippen LogP contribution in [0.15, 0.2) is 36.7 Å². The fourth-order valence-corrected chi connectivity index (χ4v) is 2.12. The maximum absolute atomic E-state index is 5.96. The van der Waals surface area contributed by atoms with Crippen molar-refractivity contribution in [3.05, 3.63) is 53.1 Å². The average Bonchev–Trinajstić information content (AvgIpc) is 2.72. The van der Waals surface area contributed by atoms with E-state index in [0.717, 1.165) is 10.8 Å². The van der Waals surface area contributed by atoms with Gasteiger partial charge < -0.3 is 4.57 Å². The van der Waals surface area contributed by atoms with Gasteiger partial charge in [-0.3, -0.25) is 0 Å². The number of aromatic nitrogens is 2. The number of allylic oxidation sites excluding steroid dienone is 1. The standard InChI is InChI=1S/C16H19ClN2.ClH/c1-12-18-9-10-19(12)11-15(16(2,3)4)13-5-7-14(17)8-6-13;/h5-11H,1-4H3;1H/b15-11-;. The molecule has 2 nitrogen and oxygen atoms in total. The minimum atomic E-state index is 0. The van der Waals surface area contributed by atoms with Crippen LogP contribution in [-0.2, 0) is 0 Å². The second-order valence-electron chi connectivity index (χ2n) is 5.68. The van der Waals surface area contributed by atoms with E-state index in [1.165, 1.54) is 11.1 Å². The van der Waals surface area contributed by atoms with Gasteiger partial charge in [-0.05, 0) is 35.6 Å². The predicted octanol–water partition coefficient (Wildman–Crippen LogP) is 5.31. The van der Waals surface area contributed by atoms with Gasteiger partial charge in [0.05, 0.1) is 0 Å². The molecule has 0 N–H and O–H groups in total. The lowest BCUT2D eigenvalue weighted by molar-refractivity contribution is 0.567. The molecular formula is C16H20Cl2N2. The first-order valence-electron chi connectivity index (χ1n) is 6.35. The Morgan fingerprint density at radius 3 is 2.25 bits per heavy atom. The molecule has 0 fully saturated rings. The third-order valence-electron chi connectivity index (χ3n) is 3.09. The first-order valence-corrected chi connectivity index (χ1v) is 6.73. The monoisotopic (exact) mass is 310 g/mol. The molecule has 1 heterocycles. The highest BCUT2D eigenvalue weighted by molar-refractivity contribution is 6.30. The second-order valence-corrected chi connectivity index (χ2v) is 6.12. The van der Waals surface area contributed by atoms with E-state index in [-0.39, 0.29) is 17.8 Å². The molecule has 0 aliphatic carbocycles. The largest absolute Gasteiger partial charge is 0.310 e. The lowest BCUT2D eigenvalue weighted by Crippen LogP contribution is -2.09. The predicted molar refractivity (Wildman–Crippen MR) is 89.3 cm³/mol. The Morgan fingerprint density at radius 2 is 1.80 bits per heavy atom. The summed E-state index contributed by atoms with van der Waals surface area (Å²) in [5, 5.41) is 0.760. The van der Waals surface area contributed by atoms with Crippen LogP contribution in [0.5, 0.6) is 0 Å². The van der Waals surface area contributed by atoms with Gasteiger partial charge in [0.25, 0.3) is 0 Å². The van der Waals surface area contributed by atoms with Gasteiger partial charge in [-0.15, -0.1) is 12.4 Å². The molecule has 4 heteroatoms. The molecule has 0 aliphatic rings. The molecule has 2 rings (SSSR count). The Labute approximate surface area is 131 Å². The van der Waals surface area contributed by atoms with Crippen LogP contribution in [0, 0.1) is 12.3 Å². The number of aryl methyl sites for hydroxylation is 1. The lowest BCUT2D eigenvalue weighted by Gasteiger charge is -2.24. The van der Waals surface area contributed by atoms with Crippen molar-refractivity contribution in [2.45, 2.75) is 27.7 Å². The van der Waals surface area contributed by atoms with Gasteiger partial charge in [-0.2, -0.15) is 0 Å². The molecule has 1 aromatic heterocycles. The van der Waals surface area contributed by atoms with Crippen LogP contribution in [0.3, 0.4) is 0 Å². The fraction of sp³-hybridized carbons (Fsp3) is 0.312. The molecule has 0 unspecified atom stereocenters. The Hall–Kier alpha value is -1.25. The number of halogens is 2. The van der Waals surface area contributed by atoms with Crippen molar-refractivity contribution in [1.82, 2.24) is 9.55 Å². The van der Waals surface area contributed by atoms with E-state index in [0.29, 0.717) is 0 Å². The van der Waals surface area contributed by atoms with Crippen molar-refractivity contribution in [2.75, 3.05) is 0 Å². The molecule has 0 amide bonds. The van der Waals surface area contributed by atoms with Crippen LogP contribution in [0.25, 0.3) is 11.8 Å². The molecule has 20 heavy (non-hydrogen) atoms. The maximum atomic E-state index is 5.96. The van der Waals surface area contributed by atoms with Gasteiger partial charge in [-0.1, -0.05) is 44.5 Å². The number of benzene rings is 1. The average molecular weight is 311 g/mol. The van der Waals surface area contributed by atoms with Crippen molar-refractivity contribution in [3.8, 4) is 0 Å². The zero-order valence-electron chi connectivity index (χ0n) is 12.2. The molecular weight excluding hydrogens is 291 g/mol. The molecule has 2 aromatic rings. The molecule has 108 valence electrons. The molecule has 0 radical (unpaired) electrons. The van der Waals surface area contributed by atoms with Crippen LogP contribution in [0.4, 0.5) is 0 Å². The van der Waals surface area contributed by atoms with Crippen LogP contribution < -0.4 is 0 Å². The lowest BCUT2D eigenvalue weighted by atomic mass is 9.82. The molecule has 0 saturated heterocycles. The number of hydrogen-bond acceptors (Lipinski definition) is 1. The van der Waals surface area contributed by atoms with E-state index in [4.69, 9.17) is 11.6 Å². The third-order valence-corrected chi connectivity index (χ3v) is 3.35. The summed E-state index contributed by atoms with van der Waals surface area (Å²) in [5.41, 5.74) is 2.49. The summed E-state index contributed by atoms with van der Waals surface area (Å²) in [6, 6.07) is 7.98. The first kappa shape index (κ1) is 16.8. The summed E-state index contributed by atoms with van der Waals surface area (Å²) in [4.78, 5) is 4.26. The van der Waals surface area contributed by atoms with Gasteiger partial charge in [0, 0.05) is 23.6 Å². The zero-order chi connectivity index (χ0) is 14.0. The summed E-state index contributed by atoms with van der Waals surface area (Å²) < 4.78 is 2.05.